The van der Waals surface area contributed by atoms with Crippen molar-refractivity contribution in [2.45, 2.75) is 6.43 Å². The minimum absolute atomic E-state index is 0.126. The summed E-state index contributed by atoms with van der Waals surface area (Å²) in [6.45, 7) is 0. The van der Waals surface area contributed by atoms with Gasteiger partial charge in [-0.1, -0.05) is 11.6 Å². The summed E-state index contributed by atoms with van der Waals surface area (Å²) in [5, 5.41) is -1.25. The number of nitrogens with zero attached hydrogens (tertiary/aromatic N) is 1. The second-order valence-electron chi connectivity index (χ2n) is 2.25. The van der Waals surface area contributed by atoms with E-state index >= 15 is 0 Å². The van der Waals surface area contributed by atoms with Gasteiger partial charge in [-0.3, -0.25) is 9.78 Å². The lowest BCUT2D eigenvalue weighted by molar-refractivity contribution is 0.107. The van der Waals surface area contributed by atoms with Crippen LogP contribution in [0.2, 0.25) is 5.02 Å². The van der Waals surface area contributed by atoms with Gasteiger partial charge in [-0.25, -0.2) is 8.78 Å². The van der Waals surface area contributed by atoms with E-state index in [4.69, 9.17) is 23.2 Å². The Hall–Kier alpha value is -0.0100. The van der Waals surface area contributed by atoms with Crippen LogP contribution >= 0.6 is 45.8 Å². The fourth-order valence-electron chi connectivity index (χ4n) is 0.813. The normalized spacial score (nSPS) is 10.7. The van der Waals surface area contributed by atoms with E-state index in [1.54, 1.807) is 22.6 Å². The SMILES string of the molecule is O=C(Cl)c1c(I)cnc(C(F)F)c1Cl. The molecule has 0 bridgehead atoms. The highest BCUT2D eigenvalue weighted by Gasteiger charge is 2.21. The summed E-state index contributed by atoms with van der Waals surface area (Å²) in [5.41, 5.74) is -0.754. The van der Waals surface area contributed by atoms with E-state index in [2.05, 4.69) is 4.98 Å². The first-order valence-electron chi connectivity index (χ1n) is 3.27. The molecule has 7 heteroatoms. The maximum absolute atomic E-state index is 12.3. The van der Waals surface area contributed by atoms with Crippen LogP contribution in [0.5, 0.6) is 0 Å². The van der Waals surface area contributed by atoms with E-state index in [-0.39, 0.29) is 10.6 Å². The highest BCUT2D eigenvalue weighted by Crippen LogP contribution is 2.31. The molecule has 14 heavy (non-hydrogen) atoms. The van der Waals surface area contributed by atoms with Crippen LogP contribution in [0.1, 0.15) is 22.5 Å². The topological polar surface area (TPSA) is 30.0 Å². The average Bonchev–Trinajstić information content (AvgIpc) is 2.02. The predicted octanol–water partition coefficient (Wildman–Crippen LogP) is 3.66. The summed E-state index contributed by atoms with van der Waals surface area (Å²) in [6, 6.07) is 0. The Morgan fingerprint density at radius 2 is 2.14 bits per heavy atom. The van der Waals surface area contributed by atoms with E-state index in [1.165, 1.54) is 0 Å². The summed E-state index contributed by atoms with van der Waals surface area (Å²) < 4.78 is 24.9. The zero-order valence-corrected chi connectivity index (χ0v) is 10.1. The highest BCUT2D eigenvalue weighted by molar-refractivity contribution is 14.1. The van der Waals surface area contributed by atoms with Crippen molar-refractivity contribution in [1.29, 1.82) is 0 Å². The number of carbonyl (C=O) groups is 1. The van der Waals surface area contributed by atoms with Gasteiger partial charge in [-0.2, -0.15) is 0 Å². The van der Waals surface area contributed by atoms with Crippen LogP contribution in [-0.2, 0) is 0 Å². The fourth-order valence-corrected chi connectivity index (χ4v) is 2.35. The van der Waals surface area contributed by atoms with Gasteiger partial charge >= 0.3 is 0 Å². The number of halogens is 5. The Kier molecular flexibility index (Phi) is 4.03. The van der Waals surface area contributed by atoms with Gasteiger partial charge in [0.25, 0.3) is 11.7 Å². The molecule has 1 heterocycles. The third-order valence-electron chi connectivity index (χ3n) is 1.40. The molecule has 2 nitrogen and oxygen atoms in total. The average molecular weight is 352 g/mol. The molecule has 0 atom stereocenters. The number of alkyl halides is 2. The van der Waals surface area contributed by atoms with Gasteiger partial charge in [-0.05, 0) is 34.2 Å². The molecule has 1 aromatic heterocycles. The second-order valence-corrected chi connectivity index (χ2v) is 4.14. The molecule has 0 fully saturated rings. The van der Waals surface area contributed by atoms with Crippen LogP contribution in [0.25, 0.3) is 0 Å². The maximum Gasteiger partial charge on any atom is 0.281 e. The van der Waals surface area contributed by atoms with Crippen molar-refractivity contribution in [2.75, 3.05) is 0 Å². The maximum atomic E-state index is 12.3. The molecule has 0 aliphatic heterocycles. The largest absolute Gasteiger partial charge is 0.281 e. The van der Waals surface area contributed by atoms with Gasteiger partial charge in [0.15, 0.2) is 0 Å². The number of rotatable bonds is 2. The molecule has 0 aliphatic rings. The van der Waals surface area contributed by atoms with Crippen LogP contribution in [-0.4, -0.2) is 10.2 Å². The Bertz CT molecular complexity index is 386. The molecule has 0 saturated heterocycles. The quantitative estimate of drug-likeness (QED) is 0.601. The lowest BCUT2D eigenvalue weighted by Gasteiger charge is -2.06. The minimum atomic E-state index is -2.82. The molecule has 0 aromatic carbocycles. The standard InChI is InChI=1S/C7H2Cl2F2INO/c8-4-3(6(9)14)2(12)1-13-5(4)7(10)11/h1,7H. The Morgan fingerprint density at radius 1 is 1.57 bits per heavy atom. The molecule has 0 saturated carbocycles. The van der Waals surface area contributed by atoms with E-state index in [1.807, 2.05) is 0 Å². The molecule has 0 spiro atoms. The molecule has 76 valence electrons. The van der Waals surface area contributed by atoms with Gasteiger partial charge in [-0.15, -0.1) is 0 Å². The number of aromatic nitrogens is 1. The van der Waals surface area contributed by atoms with Crippen molar-refractivity contribution in [2.24, 2.45) is 0 Å². The highest BCUT2D eigenvalue weighted by atomic mass is 127. The van der Waals surface area contributed by atoms with Crippen molar-refractivity contribution in [3.05, 3.63) is 26.0 Å². The number of hydrogen-bond donors (Lipinski definition) is 0. The third kappa shape index (κ3) is 2.32. The van der Waals surface area contributed by atoms with Crippen LogP contribution < -0.4 is 0 Å². The number of carbonyl (C=O) groups excluding carboxylic acids is 1. The smallest absolute Gasteiger partial charge is 0.276 e. The summed E-state index contributed by atoms with van der Waals surface area (Å²) >= 11 is 12.5. The van der Waals surface area contributed by atoms with Gasteiger partial charge in [0, 0.05) is 9.77 Å². The Balaban J connectivity index is 3.41. The molecular weight excluding hydrogens is 350 g/mol. The first kappa shape index (κ1) is 12.1. The van der Waals surface area contributed by atoms with Crippen molar-refractivity contribution < 1.29 is 13.6 Å². The first-order chi connectivity index (χ1) is 6.45. The summed E-state index contributed by atoms with van der Waals surface area (Å²) in [6.07, 6.45) is -1.70. The number of pyridine rings is 1. The van der Waals surface area contributed by atoms with Crippen molar-refractivity contribution in [3.8, 4) is 0 Å². The van der Waals surface area contributed by atoms with Gasteiger partial charge < -0.3 is 0 Å². The van der Waals surface area contributed by atoms with Crippen LogP contribution in [0.4, 0.5) is 8.78 Å². The Morgan fingerprint density at radius 3 is 2.57 bits per heavy atom. The molecule has 0 aliphatic carbocycles. The van der Waals surface area contributed by atoms with E-state index in [0.717, 1.165) is 6.20 Å². The summed E-state index contributed by atoms with van der Waals surface area (Å²) in [7, 11) is 0. The third-order valence-corrected chi connectivity index (χ3v) is 2.79. The van der Waals surface area contributed by atoms with Crippen LogP contribution in [0.3, 0.4) is 0 Å². The zero-order chi connectivity index (χ0) is 10.9. The lowest BCUT2D eigenvalue weighted by atomic mass is 10.2. The monoisotopic (exact) mass is 351 g/mol. The van der Waals surface area contributed by atoms with Gasteiger partial charge in [0.2, 0.25) is 0 Å². The van der Waals surface area contributed by atoms with Crippen LogP contribution in [0.15, 0.2) is 6.20 Å². The first-order valence-corrected chi connectivity index (χ1v) is 5.10. The Labute approximate surface area is 102 Å². The van der Waals surface area contributed by atoms with Crippen molar-refractivity contribution in [3.63, 3.8) is 0 Å². The molecule has 0 N–H and O–H groups in total. The van der Waals surface area contributed by atoms with E-state index < -0.39 is 17.4 Å². The molecule has 0 radical (unpaired) electrons. The van der Waals surface area contributed by atoms with Gasteiger partial charge in [0.05, 0.1) is 10.6 Å². The van der Waals surface area contributed by atoms with Crippen molar-refractivity contribution >= 4 is 51.0 Å². The van der Waals surface area contributed by atoms with Gasteiger partial charge in [0.1, 0.15) is 5.69 Å². The lowest BCUT2D eigenvalue weighted by Crippen LogP contribution is -2.02. The molecular formula is C7H2Cl2F2INO. The fraction of sp³-hybridized carbons (Fsp3) is 0.143. The van der Waals surface area contributed by atoms with E-state index in [9.17, 15) is 13.6 Å². The molecule has 1 rings (SSSR count). The van der Waals surface area contributed by atoms with Crippen molar-refractivity contribution in [1.82, 2.24) is 4.98 Å². The summed E-state index contributed by atoms with van der Waals surface area (Å²) in [4.78, 5) is 14.3. The minimum Gasteiger partial charge on any atom is -0.276 e. The zero-order valence-electron chi connectivity index (χ0n) is 6.40. The second kappa shape index (κ2) is 4.67. The predicted molar refractivity (Wildman–Crippen MR) is 57.1 cm³/mol. The number of hydrogen-bond acceptors (Lipinski definition) is 2. The molecule has 0 amide bonds. The summed E-state index contributed by atoms with van der Waals surface area (Å²) in [5.74, 6) is 0. The van der Waals surface area contributed by atoms with E-state index in [0.29, 0.717) is 3.57 Å². The molecule has 1 aromatic rings. The van der Waals surface area contributed by atoms with Crippen LogP contribution in [0, 0.1) is 3.57 Å². The molecule has 0 unspecified atom stereocenters.